The van der Waals surface area contributed by atoms with Gasteiger partial charge in [-0.1, -0.05) is 26.7 Å². The van der Waals surface area contributed by atoms with E-state index in [1.165, 1.54) is 24.2 Å². The second-order valence-corrected chi connectivity index (χ2v) is 3.83. The zero-order valence-electron chi connectivity index (χ0n) is 9.67. The van der Waals surface area contributed by atoms with Gasteiger partial charge in [-0.25, -0.2) is 0 Å². The van der Waals surface area contributed by atoms with Gasteiger partial charge in [-0.15, -0.1) is 0 Å². The summed E-state index contributed by atoms with van der Waals surface area (Å²) in [7, 11) is 1.97. The van der Waals surface area contributed by atoms with E-state index >= 15 is 0 Å². The van der Waals surface area contributed by atoms with Gasteiger partial charge < -0.3 is 5.32 Å². The zero-order chi connectivity index (χ0) is 10.6. The van der Waals surface area contributed by atoms with Crippen LogP contribution in [-0.2, 0) is 7.05 Å². The van der Waals surface area contributed by atoms with Crippen LogP contribution in [0.4, 0.5) is 5.69 Å². The van der Waals surface area contributed by atoms with E-state index in [2.05, 4.69) is 31.2 Å². The summed E-state index contributed by atoms with van der Waals surface area (Å²) in [6.07, 6.45) is 4.38. The van der Waals surface area contributed by atoms with Crippen molar-refractivity contribution in [3.63, 3.8) is 0 Å². The van der Waals surface area contributed by atoms with E-state index in [4.69, 9.17) is 0 Å². The fourth-order valence-electron chi connectivity index (χ4n) is 1.50. The molecule has 0 radical (unpaired) electrons. The Morgan fingerprint density at radius 1 is 1.43 bits per heavy atom. The molecular formula is C11H21N3. The first kappa shape index (κ1) is 11.1. The summed E-state index contributed by atoms with van der Waals surface area (Å²) in [5, 5.41) is 7.65. The van der Waals surface area contributed by atoms with Gasteiger partial charge in [0.1, 0.15) is 0 Å². The summed E-state index contributed by atoms with van der Waals surface area (Å²) in [4.78, 5) is 0. The summed E-state index contributed by atoms with van der Waals surface area (Å²) in [5.41, 5.74) is 2.37. The van der Waals surface area contributed by atoms with Gasteiger partial charge in [-0.05, 0) is 12.8 Å². The van der Waals surface area contributed by atoms with Crippen LogP contribution in [0.1, 0.15) is 32.4 Å². The molecular weight excluding hydrogens is 174 g/mol. The average Bonchev–Trinajstić information content (AvgIpc) is 2.51. The van der Waals surface area contributed by atoms with Gasteiger partial charge >= 0.3 is 0 Å². The molecule has 0 unspecified atom stereocenters. The Balaban J connectivity index is 2.49. The monoisotopic (exact) mass is 195 g/mol. The van der Waals surface area contributed by atoms with Crippen molar-refractivity contribution in [1.29, 1.82) is 0 Å². The number of rotatable bonds is 5. The highest BCUT2D eigenvalue weighted by Gasteiger charge is 2.06. The largest absolute Gasteiger partial charge is 0.382 e. The van der Waals surface area contributed by atoms with Crippen molar-refractivity contribution in [3.8, 4) is 0 Å². The van der Waals surface area contributed by atoms with E-state index in [0.29, 0.717) is 0 Å². The maximum atomic E-state index is 4.20. The molecule has 0 amide bonds. The number of aryl methyl sites for hydroxylation is 1. The van der Waals surface area contributed by atoms with Crippen molar-refractivity contribution in [1.82, 2.24) is 9.78 Å². The van der Waals surface area contributed by atoms with Gasteiger partial charge in [0, 0.05) is 13.6 Å². The molecule has 0 aliphatic rings. The van der Waals surface area contributed by atoms with Gasteiger partial charge in [0.2, 0.25) is 0 Å². The zero-order valence-corrected chi connectivity index (χ0v) is 9.67. The lowest BCUT2D eigenvalue weighted by molar-refractivity contribution is 0.519. The number of hydrogen-bond donors (Lipinski definition) is 1. The second kappa shape index (κ2) is 5.03. The molecule has 0 aliphatic heterocycles. The Kier molecular flexibility index (Phi) is 3.98. The summed E-state index contributed by atoms with van der Waals surface area (Å²) >= 11 is 0. The minimum atomic E-state index is 0.773. The van der Waals surface area contributed by atoms with Crippen LogP contribution in [0, 0.1) is 12.8 Å². The van der Waals surface area contributed by atoms with Gasteiger partial charge in [-0.2, -0.15) is 5.10 Å². The summed E-state index contributed by atoms with van der Waals surface area (Å²) in [6, 6.07) is 0. The summed E-state index contributed by atoms with van der Waals surface area (Å²) in [5.74, 6) is 0.773. The standard InChI is InChI=1S/C11H21N3/c1-5-10(6-2)7-12-11-8-13-14(4)9(11)3/h8,10,12H,5-7H2,1-4H3. The summed E-state index contributed by atoms with van der Waals surface area (Å²) in [6.45, 7) is 7.62. The first-order chi connectivity index (χ1) is 6.69. The predicted octanol–water partition coefficient (Wildman–Crippen LogP) is 2.58. The van der Waals surface area contributed by atoms with Crippen molar-refractivity contribution < 1.29 is 0 Å². The van der Waals surface area contributed by atoms with E-state index < -0.39 is 0 Å². The number of aromatic nitrogens is 2. The van der Waals surface area contributed by atoms with Crippen LogP contribution >= 0.6 is 0 Å². The third kappa shape index (κ3) is 2.50. The Bertz CT molecular complexity index is 274. The molecule has 0 saturated heterocycles. The Morgan fingerprint density at radius 2 is 2.07 bits per heavy atom. The molecule has 0 fully saturated rings. The fraction of sp³-hybridized carbons (Fsp3) is 0.727. The predicted molar refractivity (Wildman–Crippen MR) is 60.5 cm³/mol. The van der Waals surface area contributed by atoms with Crippen molar-refractivity contribution >= 4 is 5.69 Å². The Hall–Kier alpha value is -0.990. The maximum absolute atomic E-state index is 4.20. The molecule has 1 aromatic rings. The van der Waals surface area contributed by atoms with Crippen LogP contribution in [0.2, 0.25) is 0 Å². The Labute approximate surface area is 86.5 Å². The number of anilines is 1. The fourth-order valence-corrected chi connectivity index (χ4v) is 1.50. The van der Waals surface area contributed by atoms with Crippen molar-refractivity contribution in [2.24, 2.45) is 13.0 Å². The van der Waals surface area contributed by atoms with Crippen LogP contribution < -0.4 is 5.32 Å². The van der Waals surface area contributed by atoms with Crippen LogP contribution in [0.3, 0.4) is 0 Å². The van der Waals surface area contributed by atoms with Crippen molar-refractivity contribution in [2.45, 2.75) is 33.6 Å². The minimum absolute atomic E-state index is 0.773. The third-order valence-electron chi connectivity index (χ3n) is 2.97. The van der Waals surface area contributed by atoms with Gasteiger partial charge in [0.15, 0.2) is 0 Å². The normalized spacial score (nSPS) is 10.9. The van der Waals surface area contributed by atoms with Crippen molar-refractivity contribution in [3.05, 3.63) is 11.9 Å². The molecule has 0 atom stereocenters. The van der Waals surface area contributed by atoms with Gasteiger partial charge in [-0.3, -0.25) is 4.68 Å². The minimum Gasteiger partial charge on any atom is -0.382 e. The molecule has 1 aromatic heterocycles. The molecule has 0 spiro atoms. The highest BCUT2D eigenvalue weighted by molar-refractivity contribution is 5.45. The molecule has 0 saturated carbocycles. The van der Waals surface area contributed by atoms with E-state index in [1.807, 2.05) is 17.9 Å². The second-order valence-electron chi connectivity index (χ2n) is 3.83. The molecule has 1 N–H and O–H groups in total. The lowest BCUT2D eigenvalue weighted by atomic mass is 10.0. The first-order valence-electron chi connectivity index (χ1n) is 5.41. The third-order valence-corrected chi connectivity index (χ3v) is 2.97. The highest BCUT2D eigenvalue weighted by Crippen LogP contribution is 2.14. The van der Waals surface area contributed by atoms with E-state index in [-0.39, 0.29) is 0 Å². The quantitative estimate of drug-likeness (QED) is 0.782. The number of nitrogens with zero attached hydrogens (tertiary/aromatic N) is 2. The molecule has 3 nitrogen and oxygen atoms in total. The first-order valence-corrected chi connectivity index (χ1v) is 5.41. The summed E-state index contributed by atoms with van der Waals surface area (Å²) < 4.78 is 1.90. The lowest BCUT2D eigenvalue weighted by Gasteiger charge is -2.13. The molecule has 0 aromatic carbocycles. The molecule has 1 heterocycles. The van der Waals surface area contributed by atoms with Gasteiger partial charge in [0.25, 0.3) is 0 Å². The topological polar surface area (TPSA) is 29.9 Å². The molecule has 0 bridgehead atoms. The van der Waals surface area contributed by atoms with Gasteiger partial charge in [0.05, 0.1) is 17.6 Å². The van der Waals surface area contributed by atoms with Crippen LogP contribution in [0.15, 0.2) is 6.20 Å². The number of nitrogens with one attached hydrogen (secondary N) is 1. The molecule has 3 heteroatoms. The van der Waals surface area contributed by atoms with Crippen LogP contribution in [0.5, 0.6) is 0 Å². The number of hydrogen-bond acceptors (Lipinski definition) is 2. The smallest absolute Gasteiger partial charge is 0.0756 e. The molecule has 14 heavy (non-hydrogen) atoms. The molecule has 80 valence electrons. The van der Waals surface area contributed by atoms with E-state index in [1.54, 1.807) is 0 Å². The van der Waals surface area contributed by atoms with E-state index in [9.17, 15) is 0 Å². The van der Waals surface area contributed by atoms with E-state index in [0.717, 1.165) is 12.5 Å². The lowest BCUT2D eigenvalue weighted by Crippen LogP contribution is -2.13. The maximum Gasteiger partial charge on any atom is 0.0756 e. The molecule has 1 rings (SSSR count). The van der Waals surface area contributed by atoms with Crippen LogP contribution in [0.25, 0.3) is 0 Å². The Morgan fingerprint density at radius 3 is 2.50 bits per heavy atom. The highest BCUT2D eigenvalue weighted by atomic mass is 15.3. The van der Waals surface area contributed by atoms with Crippen LogP contribution in [-0.4, -0.2) is 16.3 Å². The molecule has 0 aliphatic carbocycles. The average molecular weight is 195 g/mol. The SMILES string of the molecule is CCC(CC)CNc1cnn(C)c1C. The van der Waals surface area contributed by atoms with Crippen molar-refractivity contribution in [2.75, 3.05) is 11.9 Å².